The molecule has 5 aromatic rings. The van der Waals surface area contributed by atoms with Gasteiger partial charge in [-0.15, -0.1) is 0 Å². The Labute approximate surface area is 448 Å². The van der Waals surface area contributed by atoms with E-state index in [9.17, 15) is 19.2 Å². The van der Waals surface area contributed by atoms with E-state index < -0.39 is 0 Å². The molecular formula is C60H67N5O8S2. The fraction of sp³-hybridized carbons (Fsp3) is 0.400. The highest BCUT2D eigenvalue weighted by Gasteiger charge is 2.38. The van der Waals surface area contributed by atoms with E-state index in [1.54, 1.807) is 41.8 Å². The Hall–Kier alpha value is -6.58. The summed E-state index contributed by atoms with van der Waals surface area (Å²) in [6.45, 7) is 8.88. The van der Waals surface area contributed by atoms with Crippen LogP contribution in [-0.2, 0) is 46.9 Å². The van der Waals surface area contributed by atoms with Crippen molar-refractivity contribution in [2.45, 2.75) is 128 Å². The number of carbonyl (C=O) groups excluding carboxylic acids is 4. The molecule has 1 N–H and O–H groups in total. The quantitative estimate of drug-likeness (QED) is 0.0168. The first-order valence-electron chi connectivity index (χ1n) is 26.1. The normalized spacial score (nSPS) is 16.5. The number of unbranched alkanes of at least 4 members (excludes halogenated alkanes) is 1. The highest BCUT2D eigenvalue weighted by atomic mass is 33.1. The summed E-state index contributed by atoms with van der Waals surface area (Å²) in [5.41, 5.74) is 10.1. The molecule has 0 radical (unpaired) electrons. The molecule has 0 aliphatic carbocycles. The number of oxime groups is 1. The Balaban J connectivity index is 0.881. The highest BCUT2D eigenvalue weighted by Crippen LogP contribution is 2.43. The van der Waals surface area contributed by atoms with Crippen LogP contribution in [0.25, 0.3) is 0 Å². The lowest BCUT2D eigenvalue weighted by molar-refractivity contribution is -0.401. The van der Waals surface area contributed by atoms with Crippen molar-refractivity contribution in [1.29, 1.82) is 0 Å². The smallest absolute Gasteiger partial charge is 0.258 e. The molecule has 0 bridgehead atoms. The number of hydrogen-bond donors (Lipinski definition) is 1. The van der Waals surface area contributed by atoms with Crippen LogP contribution in [0.15, 0.2) is 96.2 Å². The van der Waals surface area contributed by atoms with Crippen molar-refractivity contribution in [3.05, 3.63) is 136 Å². The molecule has 5 aromatic carbocycles. The first-order valence-corrected chi connectivity index (χ1v) is 28.4. The zero-order valence-electron chi connectivity index (χ0n) is 43.9. The number of aryl methyl sites for hydroxylation is 2. The third-order valence-electron chi connectivity index (χ3n) is 14.2. The van der Waals surface area contributed by atoms with Crippen molar-refractivity contribution in [2.75, 3.05) is 41.6 Å². The maximum atomic E-state index is 14.2. The number of Topliss-reactive ketones (excluding diaryl/α,β-unsaturated/α-hetero) is 1. The number of ether oxygens (including phenoxy) is 3. The van der Waals surface area contributed by atoms with Crippen LogP contribution in [0.3, 0.4) is 0 Å². The van der Waals surface area contributed by atoms with Gasteiger partial charge >= 0.3 is 0 Å². The molecule has 4 aliphatic rings. The summed E-state index contributed by atoms with van der Waals surface area (Å²) in [6.07, 6.45) is 12.7. The maximum Gasteiger partial charge on any atom is 0.258 e. The van der Waals surface area contributed by atoms with E-state index in [0.717, 1.165) is 83.5 Å². The van der Waals surface area contributed by atoms with E-state index in [-0.39, 0.29) is 53.5 Å². The van der Waals surface area contributed by atoms with Crippen molar-refractivity contribution in [2.24, 2.45) is 5.16 Å². The molecule has 3 amide bonds. The number of amides is 3. The molecule has 0 saturated carbocycles. The van der Waals surface area contributed by atoms with Crippen molar-refractivity contribution >= 4 is 80.3 Å². The summed E-state index contributed by atoms with van der Waals surface area (Å²) in [7, 11) is 7.00. The first-order chi connectivity index (χ1) is 36.3. The van der Waals surface area contributed by atoms with Gasteiger partial charge in [-0.1, -0.05) is 69.2 Å². The lowest BCUT2D eigenvalue weighted by atomic mass is 9.99. The molecule has 0 spiro atoms. The molecule has 13 nitrogen and oxygen atoms in total. The van der Waals surface area contributed by atoms with Crippen LogP contribution in [-0.4, -0.2) is 83.9 Å². The number of rotatable bonds is 23. The minimum Gasteiger partial charge on any atom is -0.493 e. The fourth-order valence-corrected chi connectivity index (χ4v) is 13.1. The average Bonchev–Trinajstić information content (AvgIpc) is 3.93. The average molecular weight is 1050 g/mol. The minimum absolute atomic E-state index is 0.0302. The lowest BCUT2D eigenvalue weighted by Gasteiger charge is -2.23. The number of nitrogens with one attached hydrogen (secondary N) is 1. The van der Waals surface area contributed by atoms with Crippen LogP contribution in [0.1, 0.15) is 126 Å². The SMILES string of the molecule is CC=NOCCCCC(=O)CCCSSC(C)(C)CCC(=O)Nc1cc(COc2cc3c(cc2C)C(=O)N2c4ccccc4C[C@H]2[C-]=[N+]3C)cc(COc2cc3c(cc2OC)C(=O)N2c4ccccc4C[C@H]2CC3)c1. The minimum atomic E-state index is -0.218. The molecule has 4 heterocycles. The maximum absolute atomic E-state index is 14.2. The lowest BCUT2D eigenvalue weighted by Crippen LogP contribution is -2.38. The number of ketones is 1. The molecule has 0 aromatic heterocycles. The van der Waals surface area contributed by atoms with Gasteiger partial charge in [0.1, 0.15) is 38.4 Å². The molecule has 0 saturated heterocycles. The summed E-state index contributed by atoms with van der Waals surface area (Å²) < 4.78 is 20.7. The number of anilines is 3. The Morgan fingerprint density at radius 1 is 0.813 bits per heavy atom. The number of carbonyl (C=O) groups is 4. The van der Waals surface area contributed by atoms with Gasteiger partial charge in [-0.05, 0) is 161 Å². The topological polar surface area (TPSA) is 139 Å². The number of para-hydroxylation sites is 2. The molecule has 0 fully saturated rings. The molecule has 2 atom stereocenters. The van der Waals surface area contributed by atoms with Gasteiger partial charge in [0.15, 0.2) is 11.5 Å². The number of nitrogens with zero attached hydrogens (tertiary/aromatic N) is 4. The van der Waals surface area contributed by atoms with Crippen LogP contribution in [0.4, 0.5) is 22.7 Å². The van der Waals surface area contributed by atoms with Crippen LogP contribution in [0, 0.1) is 6.92 Å². The van der Waals surface area contributed by atoms with E-state index >= 15 is 0 Å². The molecular weight excluding hydrogens is 983 g/mol. The van der Waals surface area contributed by atoms with Gasteiger partial charge in [-0.25, -0.2) is 0 Å². The second kappa shape index (κ2) is 24.0. The number of methoxy groups -OCH3 is 1. The van der Waals surface area contributed by atoms with E-state index in [4.69, 9.17) is 19.0 Å². The second-order valence-electron chi connectivity index (χ2n) is 20.3. The van der Waals surface area contributed by atoms with Crippen LogP contribution in [0.5, 0.6) is 17.2 Å². The Morgan fingerprint density at radius 2 is 1.51 bits per heavy atom. The third kappa shape index (κ3) is 12.6. The van der Waals surface area contributed by atoms with Crippen molar-refractivity contribution in [1.82, 2.24) is 0 Å². The van der Waals surface area contributed by atoms with Crippen molar-refractivity contribution in [3.63, 3.8) is 0 Å². The largest absolute Gasteiger partial charge is 0.493 e. The summed E-state index contributed by atoms with van der Waals surface area (Å²) in [5, 5.41) is 6.91. The second-order valence-corrected chi connectivity index (χ2v) is 23.5. The number of benzene rings is 5. The van der Waals surface area contributed by atoms with Crippen LogP contribution >= 0.6 is 21.6 Å². The zero-order chi connectivity index (χ0) is 52.6. The van der Waals surface area contributed by atoms with Crippen molar-refractivity contribution < 1.29 is 42.8 Å². The van der Waals surface area contributed by atoms with E-state index in [0.29, 0.717) is 78.5 Å². The summed E-state index contributed by atoms with van der Waals surface area (Å²) in [5.74, 6) is 2.54. The predicted octanol–water partition coefficient (Wildman–Crippen LogP) is 11.9. The standard InChI is InChI=1S/C60H67N5O8S2/c1-7-61-73-25-13-12-17-48(66)18-14-26-74-75-60(3,4)24-23-57(67)62-45-29-40(37-71-54-35-53-50(27-39(54)2)59(69)65-47(36-63(53)5)32-44-16-9-11-20-52(44)65)28-41(30-45)38-72-56-33-42-21-22-46-31-43-15-8-10-19-51(43)64(46)58(68)49(42)34-55(56)70-6/h7-11,15-16,19-20,27-30,33-35,46-47H,12-14,17-18,21-26,31-32,37-38H2,1-6H3,(H,62,67)/t46-,47+/m1/s1. The molecule has 75 heavy (non-hydrogen) atoms. The monoisotopic (exact) mass is 1050 g/mol. The summed E-state index contributed by atoms with van der Waals surface area (Å²) in [6, 6.07) is 29.5. The van der Waals surface area contributed by atoms with E-state index in [2.05, 4.69) is 42.7 Å². The zero-order valence-corrected chi connectivity index (χ0v) is 45.5. The fourth-order valence-electron chi connectivity index (χ4n) is 10.4. The van der Waals surface area contributed by atoms with Gasteiger partial charge in [0.25, 0.3) is 5.91 Å². The van der Waals surface area contributed by atoms with Gasteiger partial charge in [0.2, 0.25) is 11.8 Å². The van der Waals surface area contributed by atoms with E-state index in [1.165, 1.54) is 5.56 Å². The van der Waals surface area contributed by atoms with Crippen LogP contribution < -0.4 is 29.3 Å². The molecule has 0 unspecified atom stereocenters. The molecule has 9 rings (SSSR count). The Morgan fingerprint density at radius 3 is 2.25 bits per heavy atom. The summed E-state index contributed by atoms with van der Waals surface area (Å²) >= 11 is 0. The molecule has 392 valence electrons. The van der Waals surface area contributed by atoms with Crippen molar-refractivity contribution in [3.8, 4) is 17.2 Å². The van der Waals surface area contributed by atoms with Gasteiger partial charge in [-0.2, -0.15) is 0 Å². The number of fused-ring (bicyclic) bond motifs is 8. The van der Waals surface area contributed by atoms with Gasteiger partial charge in [0, 0.05) is 82.5 Å². The third-order valence-corrected chi connectivity index (χ3v) is 17.7. The van der Waals surface area contributed by atoms with Gasteiger partial charge < -0.3 is 38.7 Å². The van der Waals surface area contributed by atoms with Gasteiger partial charge in [0.05, 0.1) is 12.8 Å². The van der Waals surface area contributed by atoms with Crippen LogP contribution in [0.2, 0.25) is 0 Å². The molecule has 4 aliphatic heterocycles. The first kappa shape index (κ1) is 53.3. The van der Waals surface area contributed by atoms with E-state index in [1.807, 2.05) is 107 Å². The Bertz CT molecular complexity index is 3030. The predicted molar refractivity (Wildman–Crippen MR) is 300 cm³/mol. The molecule has 15 heteroatoms. The highest BCUT2D eigenvalue weighted by molar-refractivity contribution is 8.77. The Kier molecular flexibility index (Phi) is 17.0. The van der Waals surface area contributed by atoms with Gasteiger partial charge in [-0.3, -0.25) is 19.2 Å². The number of hydrogen-bond acceptors (Lipinski definition) is 11. The summed E-state index contributed by atoms with van der Waals surface area (Å²) in [4.78, 5) is 63.4.